The molecule has 3 heteroatoms. The minimum atomic E-state index is 1.03. The second-order valence-corrected chi connectivity index (χ2v) is 6.99. The van der Waals surface area contributed by atoms with Gasteiger partial charge in [-0.3, -0.25) is 0 Å². The zero-order valence-electron chi connectivity index (χ0n) is 12.5. The van der Waals surface area contributed by atoms with E-state index in [-0.39, 0.29) is 0 Å². The first-order valence-corrected chi connectivity index (χ1v) is 8.86. The van der Waals surface area contributed by atoms with Crippen LogP contribution in [-0.4, -0.2) is 18.0 Å². The number of hydrogen-bond donors (Lipinski definition) is 0. The first-order valence-electron chi connectivity index (χ1n) is 7.23. The van der Waals surface area contributed by atoms with Gasteiger partial charge in [0.1, 0.15) is 0 Å². The van der Waals surface area contributed by atoms with E-state index in [2.05, 4.69) is 85.6 Å². The van der Waals surface area contributed by atoms with Crippen LogP contribution < -0.4 is 0 Å². The summed E-state index contributed by atoms with van der Waals surface area (Å²) < 4.78 is 1.30. The van der Waals surface area contributed by atoms with Crippen molar-refractivity contribution in [1.82, 2.24) is 4.90 Å². The van der Waals surface area contributed by atoms with E-state index < -0.39 is 0 Å². The lowest BCUT2D eigenvalue weighted by Crippen LogP contribution is -2.15. The number of thioether (sulfide) groups is 2. The molecule has 0 aliphatic carbocycles. The SMILES string of the molecule is CCN(C=C(Sc1ccccc1)Sc1ccccc1)CC. The van der Waals surface area contributed by atoms with E-state index >= 15 is 0 Å². The van der Waals surface area contributed by atoms with Crippen molar-refractivity contribution in [3.8, 4) is 0 Å². The molecule has 2 aromatic rings. The van der Waals surface area contributed by atoms with Crippen molar-refractivity contribution in [3.05, 3.63) is 71.1 Å². The summed E-state index contributed by atoms with van der Waals surface area (Å²) in [6.45, 7) is 6.45. The Morgan fingerprint density at radius 1 is 0.810 bits per heavy atom. The first kappa shape index (κ1) is 16.1. The minimum absolute atomic E-state index is 1.03. The summed E-state index contributed by atoms with van der Waals surface area (Å²) in [5.74, 6) is 0. The Hall–Kier alpha value is -1.32. The van der Waals surface area contributed by atoms with Gasteiger partial charge in [-0.15, -0.1) is 0 Å². The van der Waals surface area contributed by atoms with E-state index in [1.54, 1.807) is 0 Å². The van der Waals surface area contributed by atoms with Gasteiger partial charge in [0, 0.05) is 29.1 Å². The average Bonchev–Trinajstić information content (AvgIpc) is 2.54. The van der Waals surface area contributed by atoms with E-state index in [1.807, 2.05) is 23.5 Å². The quantitative estimate of drug-likeness (QED) is 0.602. The Morgan fingerprint density at radius 3 is 1.62 bits per heavy atom. The standard InChI is InChI=1S/C18H21NS2/c1-3-19(4-2)15-18(20-16-11-7-5-8-12-16)21-17-13-9-6-10-14-17/h5-15H,3-4H2,1-2H3. The van der Waals surface area contributed by atoms with Crippen LogP contribution in [0.2, 0.25) is 0 Å². The highest BCUT2D eigenvalue weighted by Crippen LogP contribution is 2.39. The molecular weight excluding hydrogens is 294 g/mol. The maximum absolute atomic E-state index is 2.33. The van der Waals surface area contributed by atoms with E-state index in [4.69, 9.17) is 0 Å². The van der Waals surface area contributed by atoms with Crippen LogP contribution in [0.3, 0.4) is 0 Å². The van der Waals surface area contributed by atoms with Crippen molar-refractivity contribution in [2.24, 2.45) is 0 Å². The lowest BCUT2D eigenvalue weighted by atomic mass is 10.4. The Labute approximate surface area is 136 Å². The van der Waals surface area contributed by atoms with Gasteiger partial charge >= 0.3 is 0 Å². The summed E-state index contributed by atoms with van der Waals surface area (Å²) >= 11 is 3.65. The van der Waals surface area contributed by atoms with E-state index in [9.17, 15) is 0 Å². The maximum atomic E-state index is 2.33. The zero-order valence-corrected chi connectivity index (χ0v) is 14.2. The van der Waals surface area contributed by atoms with Crippen LogP contribution in [0.1, 0.15) is 13.8 Å². The molecule has 0 amide bonds. The molecule has 1 nitrogen and oxygen atoms in total. The fourth-order valence-electron chi connectivity index (χ4n) is 1.84. The molecule has 0 fully saturated rings. The van der Waals surface area contributed by atoms with E-state index in [0.29, 0.717) is 0 Å². The molecule has 0 saturated carbocycles. The van der Waals surface area contributed by atoms with Crippen LogP contribution in [0.4, 0.5) is 0 Å². The maximum Gasteiger partial charge on any atom is 0.0657 e. The fourth-order valence-corrected chi connectivity index (χ4v) is 4.04. The molecule has 0 bridgehead atoms. The van der Waals surface area contributed by atoms with Crippen LogP contribution >= 0.6 is 23.5 Å². The molecule has 2 rings (SSSR count). The predicted molar refractivity (Wildman–Crippen MR) is 95.6 cm³/mol. The molecule has 110 valence electrons. The van der Waals surface area contributed by atoms with Gasteiger partial charge in [0.15, 0.2) is 0 Å². The summed E-state index contributed by atoms with van der Waals surface area (Å²) in [4.78, 5) is 4.89. The summed E-state index contributed by atoms with van der Waals surface area (Å²) in [5.41, 5.74) is 0. The Bertz CT molecular complexity index is 504. The number of hydrogen-bond acceptors (Lipinski definition) is 3. The molecule has 0 radical (unpaired) electrons. The van der Waals surface area contributed by atoms with E-state index in [0.717, 1.165) is 13.1 Å². The number of benzene rings is 2. The van der Waals surface area contributed by atoms with Crippen molar-refractivity contribution in [2.45, 2.75) is 23.6 Å². The topological polar surface area (TPSA) is 3.24 Å². The zero-order chi connectivity index (χ0) is 14.9. The highest BCUT2D eigenvalue weighted by atomic mass is 32.2. The second kappa shape index (κ2) is 8.85. The van der Waals surface area contributed by atoms with Gasteiger partial charge in [0.25, 0.3) is 0 Å². The second-order valence-electron chi connectivity index (χ2n) is 4.50. The van der Waals surface area contributed by atoms with Crippen molar-refractivity contribution in [3.63, 3.8) is 0 Å². The summed E-state index contributed by atoms with van der Waals surface area (Å²) in [6.07, 6.45) is 2.27. The molecule has 2 aromatic carbocycles. The molecular formula is C18H21NS2. The lowest BCUT2D eigenvalue weighted by molar-refractivity contribution is 0.419. The Morgan fingerprint density at radius 2 is 1.24 bits per heavy atom. The highest BCUT2D eigenvalue weighted by Gasteiger charge is 2.05. The van der Waals surface area contributed by atoms with Crippen LogP contribution in [0.15, 0.2) is 80.9 Å². The molecule has 0 N–H and O–H groups in total. The van der Waals surface area contributed by atoms with Crippen molar-refractivity contribution in [1.29, 1.82) is 0 Å². The van der Waals surface area contributed by atoms with Gasteiger partial charge in [0.05, 0.1) is 4.24 Å². The van der Waals surface area contributed by atoms with Crippen LogP contribution in [0, 0.1) is 0 Å². The molecule has 0 spiro atoms. The van der Waals surface area contributed by atoms with Gasteiger partial charge in [-0.1, -0.05) is 59.9 Å². The third-order valence-corrected chi connectivity index (χ3v) is 5.15. The molecule has 0 aromatic heterocycles. The third-order valence-electron chi connectivity index (χ3n) is 3.02. The first-order chi connectivity index (χ1) is 10.3. The Kier molecular flexibility index (Phi) is 6.77. The monoisotopic (exact) mass is 315 g/mol. The van der Waals surface area contributed by atoms with Crippen molar-refractivity contribution >= 4 is 23.5 Å². The van der Waals surface area contributed by atoms with E-state index in [1.165, 1.54) is 14.0 Å². The molecule has 0 heterocycles. The summed E-state index contributed by atoms with van der Waals surface area (Å²) in [6, 6.07) is 21.1. The van der Waals surface area contributed by atoms with Crippen molar-refractivity contribution in [2.75, 3.05) is 13.1 Å². The molecule has 0 unspecified atom stereocenters. The minimum Gasteiger partial charge on any atom is -0.377 e. The van der Waals surface area contributed by atoms with Gasteiger partial charge in [-0.25, -0.2) is 0 Å². The normalized spacial score (nSPS) is 10.2. The molecule has 0 atom stereocenters. The van der Waals surface area contributed by atoms with Gasteiger partial charge in [-0.05, 0) is 38.1 Å². The summed E-state index contributed by atoms with van der Waals surface area (Å²) in [5, 5.41) is 0. The van der Waals surface area contributed by atoms with Gasteiger partial charge in [0.2, 0.25) is 0 Å². The van der Waals surface area contributed by atoms with Crippen LogP contribution in [0.5, 0.6) is 0 Å². The van der Waals surface area contributed by atoms with Crippen LogP contribution in [0.25, 0.3) is 0 Å². The van der Waals surface area contributed by atoms with Crippen LogP contribution in [-0.2, 0) is 0 Å². The number of rotatable bonds is 7. The average molecular weight is 316 g/mol. The molecule has 0 aliphatic rings. The fraction of sp³-hybridized carbons (Fsp3) is 0.222. The van der Waals surface area contributed by atoms with Gasteiger partial charge in [-0.2, -0.15) is 0 Å². The third kappa shape index (κ3) is 5.52. The number of nitrogens with zero attached hydrogens (tertiary/aromatic N) is 1. The van der Waals surface area contributed by atoms with Gasteiger partial charge < -0.3 is 4.90 Å². The molecule has 0 aliphatic heterocycles. The lowest BCUT2D eigenvalue weighted by Gasteiger charge is -2.18. The smallest absolute Gasteiger partial charge is 0.0657 e. The molecule has 21 heavy (non-hydrogen) atoms. The Balaban J connectivity index is 2.17. The molecule has 0 saturated heterocycles. The summed E-state index contributed by atoms with van der Waals surface area (Å²) in [7, 11) is 0. The predicted octanol–water partition coefficient (Wildman–Crippen LogP) is 5.71. The van der Waals surface area contributed by atoms with Crippen molar-refractivity contribution < 1.29 is 0 Å². The largest absolute Gasteiger partial charge is 0.377 e. The highest BCUT2D eigenvalue weighted by molar-refractivity contribution is 8.22.